The number of ether oxygens (including phenoxy) is 1. The first kappa shape index (κ1) is 31.0. The van der Waals surface area contributed by atoms with E-state index in [9.17, 15) is 9.59 Å². The molecule has 1 amide bonds. The molecule has 234 valence electrons. The SMILES string of the molecule is COc1ccc([C@H]2C(C(=O)Nc3ccc(C)cc3C)=C(C)N=c3s/c(=C/c4cc(C)n(-c5cc(C)cc(C)c5)c4C)c(=O)n32)cc1. The van der Waals surface area contributed by atoms with Crippen molar-refractivity contribution in [2.45, 2.75) is 54.5 Å². The van der Waals surface area contributed by atoms with E-state index in [-0.39, 0.29) is 11.5 Å². The van der Waals surface area contributed by atoms with E-state index in [2.05, 4.69) is 61.8 Å². The second kappa shape index (κ2) is 12.1. The number of aryl methyl sites for hydroxylation is 5. The average Bonchev–Trinajstić information content (AvgIpc) is 3.46. The molecule has 7 nitrogen and oxygen atoms in total. The molecule has 8 heteroatoms. The van der Waals surface area contributed by atoms with Gasteiger partial charge in [0, 0.05) is 22.8 Å². The Bertz CT molecular complexity index is 2210. The van der Waals surface area contributed by atoms with Gasteiger partial charge in [-0.05, 0) is 119 Å². The summed E-state index contributed by atoms with van der Waals surface area (Å²) in [7, 11) is 1.61. The molecule has 5 aromatic rings. The molecule has 0 bridgehead atoms. The molecule has 1 atom stereocenters. The highest BCUT2D eigenvalue weighted by Gasteiger charge is 2.33. The number of carbonyl (C=O) groups excluding carboxylic acids is 1. The van der Waals surface area contributed by atoms with Gasteiger partial charge in [-0.25, -0.2) is 4.99 Å². The largest absolute Gasteiger partial charge is 0.497 e. The zero-order valence-corrected chi connectivity index (χ0v) is 28.3. The van der Waals surface area contributed by atoms with Crippen LogP contribution in [-0.2, 0) is 4.79 Å². The van der Waals surface area contributed by atoms with Crippen LogP contribution in [0.1, 0.15) is 57.7 Å². The molecule has 0 aliphatic carbocycles. The fourth-order valence-electron chi connectivity index (χ4n) is 6.41. The van der Waals surface area contributed by atoms with Crippen LogP contribution in [0.2, 0.25) is 0 Å². The van der Waals surface area contributed by atoms with Crippen molar-refractivity contribution < 1.29 is 9.53 Å². The number of rotatable bonds is 6. The number of carbonyl (C=O) groups is 1. The molecule has 0 spiro atoms. The normalized spacial score (nSPS) is 14.7. The molecular formula is C38H38N4O3S. The Morgan fingerprint density at radius 3 is 2.24 bits per heavy atom. The number of anilines is 1. The summed E-state index contributed by atoms with van der Waals surface area (Å²) < 4.78 is 9.84. The number of methoxy groups -OCH3 is 1. The maximum atomic E-state index is 14.3. The van der Waals surface area contributed by atoms with Gasteiger partial charge in [0.15, 0.2) is 4.80 Å². The number of benzene rings is 3. The van der Waals surface area contributed by atoms with Gasteiger partial charge in [-0.3, -0.25) is 14.2 Å². The molecule has 0 unspecified atom stereocenters. The molecule has 46 heavy (non-hydrogen) atoms. The van der Waals surface area contributed by atoms with E-state index in [0.717, 1.165) is 45.0 Å². The first-order chi connectivity index (χ1) is 21.9. The summed E-state index contributed by atoms with van der Waals surface area (Å²) in [6.07, 6.45) is 1.95. The molecular weight excluding hydrogens is 593 g/mol. The lowest BCUT2D eigenvalue weighted by Crippen LogP contribution is -2.40. The number of fused-ring (bicyclic) bond motifs is 1. The number of aromatic nitrogens is 2. The van der Waals surface area contributed by atoms with Gasteiger partial charge in [0.1, 0.15) is 5.75 Å². The molecule has 3 heterocycles. The monoisotopic (exact) mass is 630 g/mol. The van der Waals surface area contributed by atoms with Crippen molar-refractivity contribution in [2.75, 3.05) is 12.4 Å². The Morgan fingerprint density at radius 2 is 1.59 bits per heavy atom. The summed E-state index contributed by atoms with van der Waals surface area (Å²) in [4.78, 5) is 33.7. The standard InChI is InChI=1S/C38H38N4O3S/c1-21-9-14-32(24(4)16-21)40-36(43)34-26(6)39-38-42(35(34)28-10-12-31(45-8)13-11-28)37(44)33(46-38)20-29-19-25(5)41(27(29)7)30-17-22(2)15-23(3)18-30/h9-20,35H,1-8H3,(H,40,43)/b33-20+/t35-/m0/s1. The fourth-order valence-corrected chi connectivity index (χ4v) is 7.45. The van der Waals surface area contributed by atoms with Crippen LogP contribution in [0.4, 0.5) is 5.69 Å². The van der Waals surface area contributed by atoms with Crippen LogP contribution in [0.15, 0.2) is 87.8 Å². The molecule has 0 radical (unpaired) electrons. The van der Waals surface area contributed by atoms with Gasteiger partial charge in [0.25, 0.3) is 11.5 Å². The second-order valence-corrected chi connectivity index (χ2v) is 13.1. The summed E-state index contributed by atoms with van der Waals surface area (Å²) in [6, 6.07) is 21.4. The average molecular weight is 631 g/mol. The van der Waals surface area contributed by atoms with E-state index in [1.54, 1.807) is 11.7 Å². The molecule has 1 aliphatic rings. The number of hydrogen-bond acceptors (Lipinski definition) is 5. The smallest absolute Gasteiger partial charge is 0.271 e. The third-order valence-electron chi connectivity index (χ3n) is 8.55. The minimum absolute atomic E-state index is 0.190. The zero-order valence-electron chi connectivity index (χ0n) is 27.5. The van der Waals surface area contributed by atoms with Crippen molar-refractivity contribution in [3.8, 4) is 11.4 Å². The highest BCUT2D eigenvalue weighted by atomic mass is 32.1. The lowest BCUT2D eigenvalue weighted by atomic mass is 9.95. The van der Waals surface area contributed by atoms with E-state index < -0.39 is 6.04 Å². The van der Waals surface area contributed by atoms with Crippen LogP contribution >= 0.6 is 11.3 Å². The summed E-state index contributed by atoms with van der Waals surface area (Å²) >= 11 is 1.34. The minimum atomic E-state index is -0.669. The quantitative estimate of drug-likeness (QED) is 0.232. The number of allylic oxidation sites excluding steroid dienone is 1. The van der Waals surface area contributed by atoms with Gasteiger partial charge >= 0.3 is 0 Å². The number of amides is 1. The fraction of sp³-hybridized carbons (Fsp3) is 0.237. The first-order valence-corrected chi connectivity index (χ1v) is 16.1. The predicted molar refractivity (Wildman–Crippen MR) is 186 cm³/mol. The first-order valence-electron chi connectivity index (χ1n) is 15.3. The van der Waals surface area contributed by atoms with Gasteiger partial charge in [-0.15, -0.1) is 0 Å². The van der Waals surface area contributed by atoms with E-state index >= 15 is 0 Å². The molecule has 0 saturated carbocycles. The Morgan fingerprint density at radius 1 is 0.891 bits per heavy atom. The Hall–Kier alpha value is -4.95. The van der Waals surface area contributed by atoms with Crippen LogP contribution in [0.3, 0.4) is 0 Å². The van der Waals surface area contributed by atoms with E-state index in [4.69, 9.17) is 9.73 Å². The van der Waals surface area contributed by atoms with Crippen LogP contribution < -0.4 is 24.9 Å². The lowest BCUT2D eigenvalue weighted by Gasteiger charge is -2.25. The number of nitrogens with zero attached hydrogens (tertiary/aromatic N) is 3. The lowest BCUT2D eigenvalue weighted by molar-refractivity contribution is -0.113. The van der Waals surface area contributed by atoms with E-state index in [0.29, 0.717) is 26.4 Å². The summed E-state index contributed by atoms with van der Waals surface area (Å²) in [5.74, 6) is 0.401. The molecule has 1 N–H and O–H groups in total. The molecule has 0 fully saturated rings. The Balaban J connectivity index is 1.49. The molecule has 6 rings (SSSR count). The van der Waals surface area contributed by atoms with Crippen molar-refractivity contribution >= 4 is 29.0 Å². The van der Waals surface area contributed by atoms with Crippen molar-refractivity contribution in [3.05, 3.63) is 142 Å². The molecule has 1 aliphatic heterocycles. The van der Waals surface area contributed by atoms with Crippen molar-refractivity contribution in [3.63, 3.8) is 0 Å². The van der Waals surface area contributed by atoms with Crippen molar-refractivity contribution in [1.29, 1.82) is 0 Å². The van der Waals surface area contributed by atoms with Gasteiger partial charge in [0.2, 0.25) is 0 Å². The topological polar surface area (TPSA) is 77.6 Å². The van der Waals surface area contributed by atoms with Gasteiger partial charge in [-0.1, -0.05) is 47.2 Å². The number of nitrogens with one attached hydrogen (secondary N) is 1. The zero-order chi connectivity index (χ0) is 32.9. The third kappa shape index (κ3) is 5.65. The maximum Gasteiger partial charge on any atom is 0.271 e. The molecule has 2 aromatic heterocycles. The second-order valence-electron chi connectivity index (χ2n) is 12.1. The number of thiazole rings is 1. The van der Waals surface area contributed by atoms with Crippen molar-refractivity contribution in [2.24, 2.45) is 4.99 Å². The summed E-state index contributed by atoms with van der Waals surface area (Å²) in [5.41, 5.74) is 11.0. The van der Waals surface area contributed by atoms with Gasteiger partial charge in [-0.2, -0.15) is 0 Å². The van der Waals surface area contributed by atoms with Crippen molar-refractivity contribution in [1.82, 2.24) is 9.13 Å². The minimum Gasteiger partial charge on any atom is -0.497 e. The third-order valence-corrected chi connectivity index (χ3v) is 9.53. The van der Waals surface area contributed by atoms with Crippen LogP contribution in [0, 0.1) is 41.5 Å². The Labute approximate surface area is 272 Å². The van der Waals surface area contributed by atoms with Gasteiger partial charge < -0.3 is 14.6 Å². The highest BCUT2D eigenvalue weighted by Crippen LogP contribution is 2.32. The van der Waals surface area contributed by atoms with E-state index in [1.807, 2.05) is 69.3 Å². The Kier molecular flexibility index (Phi) is 8.17. The number of hydrogen-bond donors (Lipinski definition) is 1. The van der Waals surface area contributed by atoms with Gasteiger partial charge in [0.05, 0.1) is 29.0 Å². The highest BCUT2D eigenvalue weighted by molar-refractivity contribution is 7.07. The maximum absolute atomic E-state index is 14.3. The van der Waals surface area contributed by atoms with Crippen LogP contribution in [0.5, 0.6) is 5.75 Å². The summed E-state index contributed by atoms with van der Waals surface area (Å²) in [6.45, 7) is 14.2. The molecule has 0 saturated heterocycles. The van der Waals surface area contributed by atoms with Crippen LogP contribution in [0.25, 0.3) is 11.8 Å². The van der Waals surface area contributed by atoms with Crippen LogP contribution in [-0.4, -0.2) is 22.2 Å². The molecule has 3 aromatic carbocycles. The summed E-state index contributed by atoms with van der Waals surface area (Å²) in [5, 5.41) is 3.09. The van der Waals surface area contributed by atoms with E-state index in [1.165, 1.54) is 22.5 Å². The predicted octanol–water partition coefficient (Wildman–Crippen LogP) is 6.52.